The summed E-state index contributed by atoms with van der Waals surface area (Å²) in [5.74, 6) is -1.56. The van der Waals surface area contributed by atoms with Crippen molar-refractivity contribution >= 4 is 29.5 Å². The van der Waals surface area contributed by atoms with Crippen LogP contribution >= 0.6 is 11.8 Å². The maximum atomic E-state index is 12.0. The van der Waals surface area contributed by atoms with Gasteiger partial charge >= 0.3 is 57.4 Å². The van der Waals surface area contributed by atoms with Gasteiger partial charge in [0, 0.05) is 0 Å². The molecule has 0 aromatic heterocycles. The summed E-state index contributed by atoms with van der Waals surface area (Å²) < 4.78 is 5.28. The smallest absolute Gasteiger partial charge is 0.860 e. The van der Waals surface area contributed by atoms with Crippen molar-refractivity contribution in [3.05, 3.63) is 41.8 Å². The topological polar surface area (TPSA) is 102 Å². The van der Waals surface area contributed by atoms with E-state index in [0.29, 0.717) is 5.75 Å². The first kappa shape index (κ1) is 19.5. The fraction of sp³-hybridized carbons (Fsp3) is 0.267. The molecule has 0 spiro atoms. The van der Waals surface area contributed by atoms with Crippen molar-refractivity contribution in [2.75, 3.05) is 6.61 Å². The zero-order valence-electron chi connectivity index (χ0n) is 12.9. The number of hydrogen-bond donors (Lipinski definition) is 1. The molecule has 1 saturated heterocycles. The van der Waals surface area contributed by atoms with Crippen LogP contribution < -0.4 is 61.2 Å². The summed E-state index contributed by atoms with van der Waals surface area (Å²) in [5, 5.41) is 22.1. The van der Waals surface area contributed by atoms with Crippen molar-refractivity contribution in [3.63, 3.8) is 0 Å². The van der Waals surface area contributed by atoms with Crippen molar-refractivity contribution in [2.45, 2.75) is 17.5 Å². The van der Waals surface area contributed by atoms with Gasteiger partial charge in [-0.25, -0.2) is 4.79 Å². The van der Waals surface area contributed by atoms with E-state index >= 15 is 0 Å². The second kappa shape index (κ2) is 8.50. The van der Waals surface area contributed by atoms with E-state index in [4.69, 9.17) is 9.84 Å². The molecule has 1 fully saturated rings. The number of amides is 1. The number of hydrogen-bond acceptors (Lipinski definition) is 6. The number of carboxylic acid groups (broad SMARTS) is 1. The van der Waals surface area contributed by atoms with Gasteiger partial charge in [0.2, 0.25) is 0 Å². The Hall–Kier alpha value is -0.844. The Kier molecular flexibility index (Phi) is 6.90. The zero-order chi connectivity index (χ0) is 16.4. The summed E-state index contributed by atoms with van der Waals surface area (Å²) in [5.41, 5.74) is 0. The van der Waals surface area contributed by atoms with Crippen LogP contribution in [0.4, 0.5) is 0 Å². The molecular formula is C15H13KN2O5S. The second-order valence-corrected chi connectivity index (χ2v) is 5.98. The standard InChI is InChI=1S/C15H14N2O5S.K/c18-11(8-22-9-4-2-1-3-5-9)16-12-13(19)17-10(15(20)21)6-7-23-14(12)17;/h1-7,10,12,14H,8H2,(H,16,18)(H,20,21);/q;+1/p-1/t10-,12-,14-;/m1./s1. The number of carbonyl (C=O) groups excluding carboxylic acids is 1. The Labute approximate surface area is 185 Å². The molecule has 2 aliphatic heterocycles. The summed E-state index contributed by atoms with van der Waals surface area (Å²) in [6.07, 6.45) is 1.44. The SMILES string of the molecule is O=C(O)[C@H]1C=CS[C@@H]2[C@H](N=C([O-])COc3ccccc3)C(=O)N12.[K+]. The summed E-state index contributed by atoms with van der Waals surface area (Å²) in [7, 11) is 0. The summed E-state index contributed by atoms with van der Waals surface area (Å²) in [6.45, 7) is -0.261. The number of para-hydroxylation sites is 1. The molecule has 0 aliphatic carbocycles. The van der Waals surface area contributed by atoms with E-state index in [1.165, 1.54) is 22.7 Å². The van der Waals surface area contributed by atoms with Crippen molar-refractivity contribution in [2.24, 2.45) is 4.99 Å². The van der Waals surface area contributed by atoms with Gasteiger partial charge in [0.25, 0.3) is 5.91 Å². The number of benzene rings is 1. The molecular weight excluding hydrogens is 359 g/mol. The molecule has 0 saturated carbocycles. The minimum absolute atomic E-state index is 0. The number of thioether (sulfide) groups is 1. The molecule has 7 nitrogen and oxygen atoms in total. The third-order valence-corrected chi connectivity index (χ3v) is 4.55. The largest absolute Gasteiger partial charge is 1.00 e. The number of carbonyl (C=O) groups is 2. The molecule has 1 aromatic rings. The predicted molar refractivity (Wildman–Crippen MR) is 81.9 cm³/mol. The van der Waals surface area contributed by atoms with E-state index < -0.39 is 35.2 Å². The van der Waals surface area contributed by atoms with Gasteiger partial charge in [0.05, 0.1) is 0 Å². The first-order valence-corrected chi connectivity index (χ1v) is 7.81. The minimum atomic E-state index is -1.10. The van der Waals surface area contributed by atoms with Gasteiger partial charge in [-0.3, -0.25) is 9.79 Å². The fourth-order valence-corrected chi connectivity index (χ4v) is 3.47. The Bertz CT molecular complexity index is 682. The van der Waals surface area contributed by atoms with Crippen LogP contribution in [0.1, 0.15) is 0 Å². The Morgan fingerprint density at radius 3 is 2.75 bits per heavy atom. The van der Waals surface area contributed by atoms with Crippen LogP contribution in [0.5, 0.6) is 5.75 Å². The molecule has 1 aromatic carbocycles. The molecule has 24 heavy (non-hydrogen) atoms. The molecule has 0 radical (unpaired) electrons. The molecule has 9 heteroatoms. The molecule has 120 valence electrons. The summed E-state index contributed by atoms with van der Waals surface area (Å²) in [6, 6.07) is 6.97. The van der Waals surface area contributed by atoms with Gasteiger partial charge in [0.1, 0.15) is 23.8 Å². The maximum Gasteiger partial charge on any atom is 1.00 e. The van der Waals surface area contributed by atoms with Crippen molar-refractivity contribution in [1.29, 1.82) is 0 Å². The van der Waals surface area contributed by atoms with Crippen LogP contribution in [-0.4, -0.2) is 51.8 Å². The average molecular weight is 372 g/mol. The molecule has 0 bridgehead atoms. The summed E-state index contributed by atoms with van der Waals surface area (Å²) in [4.78, 5) is 28.2. The quantitative estimate of drug-likeness (QED) is 0.257. The van der Waals surface area contributed by atoms with Crippen LogP contribution in [0.3, 0.4) is 0 Å². The molecule has 2 aliphatic rings. The van der Waals surface area contributed by atoms with E-state index in [2.05, 4.69) is 4.99 Å². The van der Waals surface area contributed by atoms with Crippen molar-refractivity contribution in [1.82, 2.24) is 4.90 Å². The van der Waals surface area contributed by atoms with Crippen LogP contribution in [0.2, 0.25) is 0 Å². The predicted octanol–water partition coefficient (Wildman–Crippen LogP) is -2.92. The van der Waals surface area contributed by atoms with E-state index in [0.717, 1.165) is 0 Å². The Morgan fingerprint density at radius 1 is 1.38 bits per heavy atom. The number of fused-ring (bicyclic) bond motifs is 1. The van der Waals surface area contributed by atoms with Gasteiger partial charge in [-0.05, 0) is 29.5 Å². The monoisotopic (exact) mass is 372 g/mol. The van der Waals surface area contributed by atoms with Gasteiger partial charge in [-0.1, -0.05) is 18.2 Å². The van der Waals surface area contributed by atoms with E-state index in [9.17, 15) is 14.7 Å². The van der Waals surface area contributed by atoms with E-state index in [-0.39, 0.29) is 58.0 Å². The third kappa shape index (κ3) is 4.03. The maximum absolute atomic E-state index is 12.0. The molecule has 1 N–H and O–H groups in total. The average Bonchev–Trinajstić information content (AvgIpc) is 2.57. The number of rotatable bonds is 5. The Balaban J connectivity index is 0.00000208. The molecule has 1 amide bonds. The number of β-lactam (4-membered cyclic amide) rings is 1. The van der Waals surface area contributed by atoms with Gasteiger partial charge in [0.15, 0.2) is 6.04 Å². The zero-order valence-corrected chi connectivity index (χ0v) is 16.8. The normalized spacial score (nSPS) is 25.3. The second-order valence-electron chi connectivity index (χ2n) is 4.95. The Morgan fingerprint density at radius 2 is 2.08 bits per heavy atom. The number of aliphatic carboxylic acids is 1. The van der Waals surface area contributed by atoms with Gasteiger partial charge in [-0.15, -0.1) is 11.8 Å². The molecule has 3 atom stereocenters. The minimum Gasteiger partial charge on any atom is -0.860 e. The van der Waals surface area contributed by atoms with Gasteiger partial charge in [-0.2, -0.15) is 0 Å². The number of nitrogens with zero attached hydrogens (tertiary/aromatic N) is 2. The van der Waals surface area contributed by atoms with Crippen LogP contribution in [-0.2, 0) is 9.59 Å². The first-order valence-electron chi connectivity index (χ1n) is 6.86. The number of carboxylic acids is 1. The van der Waals surface area contributed by atoms with E-state index in [1.807, 2.05) is 6.07 Å². The van der Waals surface area contributed by atoms with Crippen LogP contribution in [0.25, 0.3) is 0 Å². The fourth-order valence-electron chi connectivity index (χ4n) is 2.37. The van der Waals surface area contributed by atoms with Crippen molar-refractivity contribution < 1.29 is 75.9 Å². The number of aliphatic imine (C=N–C) groups is 1. The van der Waals surface area contributed by atoms with Gasteiger partial charge < -0.3 is 19.8 Å². The van der Waals surface area contributed by atoms with E-state index in [1.54, 1.807) is 29.7 Å². The molecule has 2 heterocycles. The third-order valence-electron chi connectivity index (χ3n) is 3.47. The van der Waals surface area contributed by atoms with Crippen molar-refractivity contribution in [3.8, 4) is 5.75 Å². The molecule has 0 unspecified atom stereocenters. The van der Waals surface area contributed by atoms with Crippen LogP contribution in [0.15, 0.2) is 46.8 Å². The summed E-state index contributed by atoms with van der Waals surface area (Å²) >= 11 is 1.28. The first-order chi connectivity index (χ1) is 11.1. The van der Waals surface area contributed by atoms with Crippen LogP contribution in [0, 0.1) is 0 Å². The molecule has 3 rings (SSSR count). The number of ether oxygens (including phenoxy) is 1.